The number of nitrogens with two attached hydrogens (primary N) is 1. The van der Waals surface area contributed by atoms with Gasteiger partial charge in [0, 0.05) is 15.8 Å². The first kappa shape index (κ1) is 17.4. The largest absolute Gasteiger partial charge is 0.382 e. The summed E-state index contributed by atoms with van der Waals surface area (Å²) >= 11 is 7.20. The topological polar surface area (TPSA) is 101 Å². The van der Waals surface area contributed by atoms with E-state index in [1.807, 2.05) is 13.8 Å². The number of amides is 1. The summed E-state index contributed by atoms with van der Waals surface area (Å²) in [7, 11) is 0. The zero-order valence-electron chi connectivity index (χ0n) is 12.7. The summed E-state index contributed by atoms with van der Waals surface area (Å²) in [6.45, 7) is 4.07. The van der Waals surface area contributed by atoms with Crippen LogP contribution >= 0.6 is 23.4 Å². The predicted molar refractivity (Wildman–Crippen MR) is 94.3 cm³/mol. The van der Waals surface area contributed by atoms with E-state index in [2.05, 4.69) is 15.3 Å². The molecule has 0 aliphatic carbocycles. The lowest BCUT2D eigenvalue weighted by Gasteiger charge is -2.10. The monoisotopic (exact) mass is 352 g/mol. The maximum Gasteiger partial charge on any atom is 0.277 e. The first-order chi connectivity index (χ1) is 10.9. The maximum atomic E-state index is 12.1. The molecular weight excluding hydrogens is 336 g/mol. The number of carbonyl (C=O) groups is 1. The number of rotatable bonds is 5. The van der Waals surface area contributed by atoms with Crippen LogP contribution in [-0.2, 0) is 0 Å². The fourth-order valence-electron chi connectivity index (χ4n) is 1.71. The molecule has 1 atom stereocenters. The smallest absolute Gasteiger partial charge is 0.277 e. The van der Waals surface area contributed by atoms with Crippen molar-refractivity contribution in [3.63, 3.8) is 0 Å². The normalized spacial score (nSPS) is 12.0. The van der Waals surface area contributed by atoms with Crippen LogP contribution in [0.4, 0.5) is 11.5 Å². The van der Waals surface area contributed by atoms with Gasteiger partial charge in [-0.1, -0.05) is 37.2 Å². The number of nitrogens with one attached hydrogen (secondary N) is 2. The van der Waals surface area contributed by atoms with Gasteiger partial charge in [-0.25, -0.2) is 4.98 Å². The maximum absolute atomic E-state index is 12.1. The van der Waals surface area contributed by atoms with Gasteiger partial charge in [0.05, 0.1) is 0 Å². The van der Waals surface area contributed by atoms with Crippen LogP contribution in [0.15, 0.2) is 34.2 Å². The quantitative estimate of drug-likeness (QED) is 0.566. The van der Waals surface area contributed by atoms with Crippen LogP contribution in [0.25, 0.3) is 0 Å². The number of aromatic nitrogens is 2. The third kappa shape index (κ3) is 4.49. The number of anilines is 2. The van der Waals surface area contributed by atoms with Gasteiger partial charge in [-0.2, -0.15) is 0 Å². The predicted octanol–water partition coefficient (Wildman–Crippen LogP) is 3.15. The van der Waals surface area contributed by atoms with E-state index >= 15 is 0 Å². The molecule has 6 nitrogen and oxygen atoms in total. The average molecular weight is 353 g/mol. The molecule has 122 valence electrons. The van der Waals surface area contributed by atoms with Crippen molar-refractivity contribution in [3.8, 4) is 0 Å². The summed E-state index contributed by atoms with van der Waals surface area (Å²) in [5.41, 5.74) is 5.64. The minimum absolute atomic E-state index is 0.0122. The van der Waals surface area contributed by atoms with Crippen LogP contribution in [-0.4, -0.2) is 21.1 Å². The van der Waals surface area contributed by atoms with Crippen LogP contribution in [0.1, 0.15) is 30.6 Å². The van der Waals surface area contributed by atoms with E-state index in [4.69, 9.17) is 17.3 Å². The lowest BCUT2D eigenvalue weighted by Crippen LogP contribution is -2.23. The van der Waals surface area contributed by atoms with Crippen molar-refractivity contribution in [2.75, 3.05) is 11.1 Å². The van der Waals surface area contributed by atoms with Crippen molar-refractivity contribution in [3.05, 3.63) is 45.2 Å². The highest BCUT2D eigenvalue weighted by Crippen LogP contribution is 2.23. The fraction of sp³-hybridized carbons (Fsp3) is 0.267. The lowest BCUT2D eigenvalue weighted by atomic mass is 10.2. The summed E-state index contributed by atoms with van der Waals surface area (Å²) in [4.78, 5) is 31.0. The molecule has 1 aromatic carbocycles. The Morgan fingerprint density at radius 1 is 1.43 bits per heavy atom. The Kier molecular flexibility index (Phi) is 5.68. The number of carbonyl (C=O) groups excluding carboxylic acids is 1. The molecule has 2 aromatic rings. The number of halogens is 1. The minimum atomic E-state index is -0.481. The first-order valence-electron chi connectivity index (χ1n) is 7.04. The number of nitrogen functional groups attached to an aromatic ring is 1. The average Bonchev–Trinajstić information content (AvgIpc) is 2.51. The third-order valence-electron chi connectivity index (χ3n) is 3.16. The molecule has 0 saturated heterocycles. The Balaban J connectivity index is 2.21. The van der Waals surface area contributed by atoms with E-state index < -0.39 is 11.5 Å². The van der Waals surface area contributed by atoms with E-state index in [0.717, 1.165) is 6.42 Å². The van der Waals surface area contributed by atoms with E-state index in [1.54, 1.807) is 24.3 Å². The first-order valence-corrected chi connectivity index (χ1v) is 8.29. The molecule has 0 unspecified atom stereocenters. The Morgan fingerprint density at radius 3 is 2.65 bits per heavy atom. The van der Waals surface area contributed by atoms with Gasteiger partial charge in [0.15, 0.2) is 11.0 Å². The molecule has 2 rings (SSSR count). The van der Waals surface area contributed by atoms with Gasteiger partial charge in [0.2, 0.25) is 0 Å². The summed E-state index contributed by atoms with van der Waals surface area (Å²) in [6, 6.07) is 6.30. The van der Waals surface area contributed by atoms with Crippen LogP contribution < -0.4 is 16.6 Å². The second-order valence-corrected chi connectivity index (χ2v) is 6.79. The zero-order valence-corrected chi connectivity index (χ0v) is 14.3. The summed E-state index contributed by atoms with van der Waals surface area (Å²) in [5, 5.41) is 3.74. The van der Waals surface area contributed by atoms with Crippen molar-refractivity contribution in [2.45, 2.75) is 30.7 Å². The fourth-order valence-corrected chi connectivity index (χ4v) is 2.68. The van der Waals surface area contributed by atoms with Gasteiger partial charge in [-0.15, -0.1) is 0 Å². The molecule has 0 aliphatic rings. The number of thioether (sulfide) groups is 1. The zero-order chi connectivity index (χ0) is 17.0. The molecule has 1 heterocycles. The highest BCUT2D eigenvalue weighted by molar-refractivity contribution is 7.99. The standard InChI is InChI=1S/C15H17ClN4O2S/c1-3-8(2)23-15-19-12(17)11(14(22)20-15)18-13(21)9-4-6-10(16)7-5-9/h4-8H,3H2,1-2H3,(H,18,21)(H3,17,19,20,22)/t8-/m0/s1. The SMILES string of the molecule is CC[C@H](C)Sc1nc(N)c(NC(=O)c2ccc(Cl)cc2)c(=O)[nH]1. The Hall–Kier alpha value is -1.99. The van der Waals surface area contributed by atoms with Gasteiger partial charge < -0.3 is 11.1 Å². The van der Waals surface area contributed by atoms with Gasteiger partial charge >= 0.3 is 0 Å². The van der Waals surface area contributed by atoms with Crippen LogP contribution in [0.3, 0.4) is 0 Å². The summed E-state index contributed by atoms with van der Waals surface area (Å²) in [5.74, 6) is -0.468. The summed E-state index contributed by atoms with van der Waals surface area (Å²) in [6.07, 6.45) is 0.934. The number of nitrogens with zero attached hydrogens (tertiary/aromatic N) is 1. The third-order valence-corrected chi connectivity index (χ3v) is 4.56. The second kappa shape index (κ2) is 7.52. The van der Waals surface area contributed by atoms with Gasteiger partial charge in [0.1, 0.15) is 5.69 Å². The Bertz CT molecular complexity index is 761. The number of H-pyrrole nitrogens is 1. The molecule has 23 heavy (non-hydrogen) atoms. The van der Waals surface area contributed by atoms with Gasteiger partial charge in [-0.3, -0.25) is 14.6 Å². The Morgan fingerprint density at radius 2 is 2.09 bits per heavy atom. The van der Waals surface area contributed by atoms with Crippen molar-refractivity contribution >= 4 is 40.8 Å². The molecule has 0 bridgehead atoms. The Labute approximate surface area is 142 Å². The van der Waals surface area contributed by atoms with Crippen LogP contribution in [0, 0.1) is 0 Å². The van der Waals surface area contributed by atoms with Crippen LogP contribution in [0.2, 0.25) is 5.02 Å². The van der Waals surface area contributed by atoms with E-state index in [9.17, 15) is 9.59 Å². The number of hydrogen-bond acceptors (Lipinski definition) is 5. The second-order valence-electron chi connectivity index (χ2n) is 4.93. The van der Waals surface area contributed by atoms with Crippen LogP contribution in [0.5, 0.6) is 0 Å². The van der Waals surface area contributed by atoms with Crippen molar-refractivity contribution in [2.24, 2.45) is 0 Å². The summed E-state index contributed by atoms with van der Waals surface area (Å²) < 4.78 is 0. The molecule has 8 heteroatoms. The van der Waals surface area contributed by atoms with Crippen molar-refractivity contribution in [1.82, 2.24) is 9.97 Å². The van der Waals surface area contributed by atoms with E-state index in [1.165, 1.54) is 11.8 Å². The molecule has 0 fully saturated rings. The lowest BCUT2D eigenvalue weighted by molar-refractivity contribution is 0.102. The molecule has 0 saturated carbocycles. The number of benzene rings is 1. The highest BCUT2D eigenvalue weighted by atomic mass is 35.5. The van der Waals surface area contributed by atoms with Crippen molar-refractivity contribution < 1.29 is 4.79 Å². The molecule has 0 radical (unpaired) electrons. The molecular formula is C15H17ClN4O2S. The molecule has 0 aliphatic heterocycles. The number of hydrogen-bond donors (Lipinski definition) is 3. The molecule has 1 aromatic heterocycles. The van der Waals surface area contributed by atoms with Gasteiger partial charge in [0.25, 0.3) is 11.5 Å². The van der Waals surface area contributed by atoms with Crippen molar-refractivity contribution in [1.29, 1.82) is 0 Å². The van der Waals surface area contributed by atoms with E-state index in [0.29, 0.717) is 21.0 Å². The minimum Gasteiger partial charge on any atom is -0.382 e. The highest BCUT2D eigenvalue weighted by Gasteiger charge is 2.15. The molecule has 0 spiro atoms. The molecule has 1 amide bonds. The molecule has 4 N–H and O–H groups in total. The van der Waals surface area contributed by atoms with Gasteiger partial charge in [-0.05, 0) is 30.7 Å². The number of aromatic amines is 1. The van der Waals surface area contributed by atoms with E-state index in [-0.39, 0.29) is 11.5 Å².